The lowest BCUT2D eigenvalue weighted by atomic mass is 10.2. The lowest BCUT2D eigenvalue weighted by Gasteiger charge is -2.33. The number of aliphatic carboxylic acids is 3. The minimum Gasteiger partial charge on any atom is -0.480 e. The zero-order valence-electron chi connectivity index (χ0n) is 17.6. The van der Waals surface area contributed by atoms with Crippen LogP contribution in [0.3, 0.4) is 0 Å². The molecule has 1 aliphatic heterocycles. The molecule has 1 fully saturated rings. The van der Waals surface area contributed by atoms with E-state index in [0.717, 1.165) is 31.6 Å². The van der Waals surface area contributed by atoms with Gasteiger partial charge in [0.05, 0.1) is 19.6 Å². The van der Waals surface area contributed by atoms with E-state index in [-0.39, 0.29) is 19.6 Å². The molecule has 1 rings (SSSR count). The number of carboxylic acid groups (broad SMARTS) is 3. The fraction of sp³-hybridized carbons (Fsp3) is 0.842. The fourth-order valence-electron chi connectivity index (χ4n) is 3.47. The lowest BCUT2D eigenvalue weighted by Crippen LogP contribution is -2.48. The Kier molecular flexibility index (Phi) is 13.7. The molecule has 0 amide bonds. The summed E-state index contributed by atoms with van der Waals surface area (Å²) in [5.41, 5.74) is 0. The van der Waals surface area contributed by atoms with Gasteiger partial charge in [-0.15, -0.1) is 0 Å². The van der Waals surface area contributed by atoms with E-state index in [0.29, 0.717) is 52.4 Å². The summed E-state index contributed by atoms with van der Waals surface area (Å²) in [6, 6.07) is 0. The lowest BCUT2D eigenvalue weighted by molar-refractivity contribution is -0.140. The summed E-state index contributed by atoms with van der Waals surface area (Å²) in [5.74, 6) is -1.91. The summed E-state index contributed by atoms with van der Waals surface area (Å²) in [6.45, 7) is 4.81. The number of rotatable bonds is 11. The summed E-state index contributed by atoms with van der Waals surface area (Å²) in [4.78, 5) is 41.3. The molecule has 0 spiro atoms. The zero-order chi connectivity index (χ0) is 22.4. The van der Waals surface area contributed by atoms with Crippen LogP contribution in [-0.2, 0) is 14.4 Å². The van der Waals surface area contributed by atoms with Crippen molar-refractivity contribution in [1.82, 2.24) is 19.6 Å². The molecule has 0 aromatic rings. The average molecular weight is 449 g/mol. The Hall–Kier alpha value is -1.40. The molecule has 0 aromatic heterocycles. The molecular weight excluding hydrogens is 412 g/mol. The van der Waals surface area contributed by atoms with E-state index in [4.69, 9.17) is 5.11 Å². The van der Waals surface area contributed by atoms with Crippen LogP contribution in [0, 0.1) is 0 Å². The van der Waals surface area contributed by atoms with Crippen molar-refractivity contribution in [3.8, 4) is 0 Å². The Labute approximate surface area is 183 Å². The van der Waals surface area contributed by atoms with Gasteiger partial charge in [-0.05, 0) is 25.1 Å². The van der Waals surface area contributed by atoms with Crippen LogP contribution in [0.2, 0.25) is 0 Å². The minimum absolute atomic E-state index is 0.0838. The van der Waals surface area contributed by atoms with Crippen molar-refractivity contribution in [1.29, 1.82) is 0 Å². The van der Waals surface area contributed by atoms with Gasteiger partial charge in [-0.1, -0.05) is 6.42 Å². The number of hydrogen-bond donors (Lipinski definition) is 4. The highest BCUT2D eigenvalue weighted by molar-refractivity contribution is 7.80. The zero-order valence-corrected chi connectivity index (χ0v) is 18.5. The summed E-state index contributed by atoms with van der Waals surface area (Å²) in [6.07, 6.45) is 3.14. The van der Waals surface area contributed by atoms with Crippen LogP contribution in [0.4, 0.5) is 0 Å². The second kappa shape index (κ2) is 15.4. The first kappa shape index (κ1) is 26.6. The van der Waals surface area contributed by atoms with Crippen LogP contribution in [0.25, 0.3) is 0 Å². The van der Waals surface area contributed by atoms with E-state index in [1.165, 1.54) is 0 Å². The average Bonchev–Trinajstić information content (AvgIpc) is 2.65. The van der Waals surface area contributed by atoms with Gasteiger partial charge in [0.1, 0.15) is 0 Å². The highest BCUT2D eigenvalue weighted by atomic mass is 32.1. The van der Waals surface area contributed by atoms with Crippen LogP contribution in [0.15, 0.2) is 0 Å². The van der Waals surface area contributed by atoms with Crippen molar-refractivity contribution in [2.75, 3.05) is 84.3 Å². The van der Waals surface area contributed by atoms with Gasteiger partial charge in [0, 0.05) is 52.4 Å². The molecule has 0 aromatic carbocycles. The predicted octanol–water partition coefficient (Wildman–Crippen LogP) is -0.438. The van der Waals surface area contributed by atoms with Crippen molar-refractivity contribution in [3.63, 3.8) is 0 Å². The Balaban J connectivity index is 2.83. The molecule has 11 heteroatoms. The topological polar surface area (TPSA) is 125 Å². The Morgan fingerprint density at radius 3 is 1.20 bits per heavy atom. The third kappa shape index (κ3) is 13.0. The maximum Gasteiger partial charge on any atom is 0.317 e. The van der Waals surface area contributed by atoms with Crippen LogP contribution < -0.4 is 0 Å². The smallest absolute Gasteiger partial charge is 0.317 e. The number of nitrogens with zero attached hydrogens (tertiary/aromatic N) is 4. The Morgan fingerprint density at radius 2 is 0.900 bits per heavy atom. The van der Waals surface area contributed by atoms with E-state index < -0.39 is 17.9 Å². The molecule has 30 heavy (non-hydrogen) atoms. The van der Waals surface area contributed by atoms with Gasteiger partial charge in [0.25, 0.3) is 0 Å². The molecule has 0 radical (unpaired) electrons. The molecule has 0 unspecified atom stereocenters. The van der Waals surface area contributed by atoms with Gasteiger partial charge in [-0.3, -0.25) is 29.1 Å². The van der Waals surface area contributed by atoms with Crippen molar-refractivity contribution in [2.24, 2.45) is 0 Å². The fourth-order valence-corrected chi connectivity index (χ4v) is 3.70. The molecule has 0 aliphatic carbocycles. The number of carboxylic acids is 3. The van der Waals surface area contributed by atoms with Gasteiger partial charge in [0.2, 0.25) is 0 Å². The van der Waals surface area contributed by atoms with Gasteiger partial charge in [0.15, 0.2) is 0 Å². The first-order chi connectivity index (χ1) is 14.3. The van der Waals surface area contributed by atoms with E-state index >= 15 is 0 Å². The van der Waals surface area contributed by atoms with E-state index in [1.54, 1.807) is 4.90 Å². The molecule has 1 saturated heterocycles. The maximum atomic E-state index is 11.2. The van der Waals surface area contributed by atoms with Gasteiger partial charge in [-0.25, -0.2) is 0 Å². The van der Waals surface area contributed by atoms with Gasteiger partial charge >= 0.3 is 17.9 Å². The van der Waals surface area contributed by atoms with Crippen LogP contribution in [0.5, 0.6) is 0 Å². The first-order valence-electron chi connectivity index (χ1n) is 10.5. The Morgan fingerprint density at radius 1 is 0.567 bits per heavy atom. The molecule has 3 N–H and O–H groups in total. The van der Waals surface area contributed by atoms with E-state index in [2.05, 4.69) is 17.5 Å². The monoisotopic (exact) mass is 448 g/mol. The molecular formula is C19H36N4O6S. The second-order valence-electron chi connectivity index (χ2n) is 7.64. The summed E-state index contributed by atoms with van der Waals surface area (Å²) in [5, 5.41) is 27.6. The van der Waals surface area contributed by atoms with Crippen molar-refractivity contribution in [2.45, 2.75) is 19.3 Å². The van der Waals surface area contributed by atoms with Crippen molar-refractivity contribution >= 4 is 30.5 Å². The minimum atomic E-state index is -0.955. The quantitative estimate of drug-likeness (QED) is 0.244. The second-order valence-corrected chi connectivity index (χ2v) is 8.08. The number of unbranched alkanes of at least 4 members (excludes halogenated alkanes) is 2. The van der Waals surface area contributed by atoms with Gasteiger partial charge in [-0.2, -0.15) is 12.6 Å². The molecule has 174 valence electrons. The summed E-state index contributed by atoms with van der Waals surface area (Å²) < 4.78 is 0. The van der Waals surface area contributed by atoms with Gasteiger partial charge < -0.3 is 20.2 Å². The molecule has 1 heterocycles. The normalized spacial score (nSPS) is 19.1. The highest BCUT2D eigenvalue weighted by Gasteiger charge is 2.19. The largest absolute Gasteiger partial charge is 0.480 e. The molecule has 0 atom stereocenters. The van der Waals surface area contributed by atoms with Crippen molar-refractivity contribution < 1.29 is 29.7 Å². The van der Waals surface area contributed by atoms with E-state index in [1.807, 2.05) is 9.80 Å². The third-order valence-corrected chi connectivity index (χ3v) is 5.46. The van der Waals surface area contributed by atoms with Crippen LogP contribution in [-0.4, -0.2) is 137 Å². The predicted molar refractivity (Wildman–Crippen MR) is 116 cm³/mol. The molecule has 0 bridgehead atoms. The first-order valence-corrected chi connectivity index (χ1v) is 11.1. The molecule has 0 saturated carbocycles. The summed E-state index contributed by atoms with van der Waals surface area (Å²) in [7, 11) is 0. The highest BCUT2D eigenvalue weighted by Crippen LogP contribution is 2.04. The standard InChI is InChI=1S/C19H36N4O6S/c24-17(25)14-21-7-5-20(4-2-1-3-13-30)6-8-22(15-18(26)27)10-12-23(11-9-21)16-19(28)29/h30H,1-16H2,(H,24,25)(H,26,27)(H,28,29). The van der Waals surface area contributed by atoms with Crippen LogP contribution >= 0.6 is 12.6 Å². The number of carbonyl (C=O) groups is 3. The van der Waals surface area contributed by atoms with Crippen LogP contribution in [0.1, 0.15) is 19.3 Å². The molecule has 10 nitrogen and oxygen atoms in total. The maximum absolute atomic E-state index is 11.2. The molecule has 1 aliphatic rings. The summed E-state index contributed by atoms with van der Waals surface area (Å²) >= 11 is 4.24. The van der Waals surface area contributed by atoms with Crippen molar-refractivity contribution in [3.05, 3.63) is 0 Å². The SMILES string of the molecule is O=C(O)CN1CCN(CCCCCS)CCN(CC(=O)O)CCN(CC(=O)O)CC1. The number of thiol groups is 1. The van der Waals surface area contributed by atoms with E-state index in [9.17, 15) is 24.6 Å². The number of hydrogen-bond acceptors (Lipinski definition) is 8. The Bertz CT molecular complexity index is 507. The third-order valence-electron chi connectivity index (χ3n) is 5.14.